The van der Waals surface area contributed by atoms with E-state index in [4.69, 9.17) is 19.4 Å². The van der Waals surface area contributed by atoms with Gasteiger partial charge in [-0.3, -0.25) is 0 Å². The Morgan fingerprint density at radius 2 is 0.930 bits per heavy atom. The minimum absolute atomic E-state index is 0.128. The number of hydrogen-bond donors (Lipinski definition) is 0. The Bertz CT molecular complexity index is 3330. The van der Waals surface area contributed by atoms with Gasteiger partial charge >= 0.3 is 184 Å². The molecule has 6 heteroatoms. The zero-order valence-corrected chi connectivity index (χ0v) is 33.3. The molecule has 4 nitrogen and oxygen atoms in total. The molecule has 0 fully saturated rings. The first kappa shape index (κ1) is 32.7. The third-order valence-corrected chi connectivity index (χ3v) is 15.2. The number of halogens is 1. The molecule has 57 heavy (non-hydrogen) atoms. The molecule has 0 N–H and O–H groups in total. The quantitative estimate of drug-likeness (QED) is 0.162. The predicted octanol–water partition coefficient (Wildman–Crippen LogP) is 10.6. The number of benzene rings is 8. The van der Waals surface area contributed by atoms with Gasteiger partial charge in [-0.05, 0) is 6.07 Å². The minimum Gasteiger partial charge on any atom is -0.208 e. The van der Waals surface area contributed by atoms with E-state index in [1.807, 2.05) is 78.1 Å². The molecule has 3 aromatic heterocycles. The molecule has 0 saturated heterocycles. The number of rotatable bonds is 5. The maximum atomic E-state index is 6.94. The van der Waals surface area contributed by atoms with Gasteiger partial charge in [0.1, 0.15) is 5.58 Å². The van der Waals surface area contributed by atoms with Crippen LogP contribution in [0.3, 0.4) is 0 Å². The molecular formula is C51H29IN3OS-. The van der Waals surface area contributed by atoms with Crippen LogP contribution in [-0.2, 0) is 0 Å². The van der Waals surface area contributed by atoms with Crippen molar-refractivity contribution in [2.45, 2.75) is 0 Å². The number of thiophene rings is 1. The van der Waals surface area contributed by atoms with Gasteiger partial charge in [0.05, 0.1) is 5.56 Å². The normalized spacial score (nSPS) is 12.3. The van der Waals surface area contributed by atoms with E-state index >= 15 is 0 Å². The zero-order valence-electron chi connectivity index (χ0n) is 30.3. The second kappa shape index (κ2) is 13.0. The average Bonchev–Trinajstić information content (AvgIpc) is 3.98. The summed E-state index contributed by atoms with van der Waals surface area (Å²) >= 11 is 1.75. The number of hydrogen-bond acceptors (Lipinski definition) is 5. The van der Waals surface area contributed by atoms with Crippen LogP contribution >= 0.6 is 11.3 Å². The molecular weight excluding hydrogens is 830 g/mol. The van der Waals surface area contributed by atoms with E-state index in [1.165, 1.54) is 49.6 Å². The minimum atomic E-state index is -0.128. The van der Waals surface area contributed by atoms with E-state index in [-0.39, 0.29) is 21.2 Å². The van der Waals surface area contributed by atoms with E-state index in [0.29, 0.717) is 17.5 Å². The number of fused-ring (bicyclic) bond motifs is 9. The first-order chi connectivity index (χ1) is 28.2. The Kier molecular flexibility index (Phi) is 7.49. The van der Waals surface area contributed by atoms with Gasteiger partial charge in [-0.1, -0.05) is 84.9 Å². The molecule has 0 spiro atoms. The molecule has 0 amide bonds. The Balaban J connectivity index is 0.991. The fourth-order valence-electron chi connectivity index (χ4n) is 8.20. The van der Waals surface area contributed by atoms with Gasteiger partial charge in [0.15, 0.2) is 17.5 Å². The van der Waals surface area contributed by atoms with E-state index in [2.05, 4.69) is 109 Å². The second-order valence-corrected chi connectivity index (χ2v) is 18.2. The fourth-order valence-corrected chi connectivity index (χ4v) is 12.3. The molecule has 0 aliphatic carbocycles. The summed E-state index contributed by atoms with van der Waals surface area (Å²) < 4.78 is 12.6. The van der Waals surface area contributed by atoms with Crippen LogP contribution in [0.25, 0.3) is 110 Å². The number of para-hydroxylation sites is 2. The van der Waals surface area contributed by atoms with Crippen LogP contribution in [0.4, 0.5) is 0 Å². The van der Waals surface area contributed by atoms with Gasteiger partial charge < -0.3 is 4.42 Å². The van der Waals surface area contributed by atoms with Gasteiger partial charge in [-0.15, -0.1) is 0 Å². The standard InChI is InChI=1S/C51H29IN3OS/c1-3-12-30(13-4-1)49-53-50(31-14-5-2-6-15-31)55-51(54-49)40-22-11-20-38-37-19-9-17-34(46(37)56-47(38)40)32-25-27-45-42(29-32)39-21-10-18-35(48(39)57-45)33-24-26-44-41(28-33)36-16-7-8-23-43(36)52-44/h1-29H/q-1. The van der Waals surface area contributed by atoms with Gasteiger partial charge in [-0.2, -0.15) is 0 Å². The van der Waals surface area contributed by atoms with E-state index in [9.17, 15) is 0 Å². The van der Waals surface area contributed by atoms with Gasteiger partial charge in [-0.25, -0.2) is 15.0 Å². The summed E-state index contributed by atoms with van der Waals surface area (Å²) in [5, 5.41) is 4.62. The van der Waals surface area contributed by atoms with Crippen LogP contribution in [0, 0.1) is 7.14 Å². The summed E-state index contributed by atoms with van der Waals surface area (Å²) in [6.45, 7) is 0. The summed E-state index contributed by atoms with van der Waals surface area (Å²) in [4.78, 5) is 15.0. The molecule has 1 aliphatic rings. The molecule has 0 bridgehead atoms. The number of furan rings is 1. The third kappa shape index (κ3) is 5.35. The SMILES string of the molecule is c1ccc(-c2nc(-c3ccccc3)nc(-c3cccc4c3oc3c(-c5ccc6sc7c(-c8ccc9c(c8)-c8ccccc8[I-]9)cccc7c6c5)cccc34)n2)cc1. The topological polar surface area (TPSA) is 51.8 Å². The van der Waals surface area contributed by atoms with E-state index in [0.717, 1.165) is 49.8 Å². The fraction of sp³-hybridized carbons (Fsp3) is 0. The van der Waals surface area contributed by atoms with Crippen molar-refractivity contribution in [2.75, 3.05) is 0 Å². The monoisotopic (exact) mass is 858 g/mol. The Hall–Kier alpha value is -6.48. The Morgan fingerprint density at radius 1 is 0.368 bits per heavy atom. The summed E-state index contributed by atoms with van der Waals surface area (Å²) in [7, 11) is 0. The molecule has 268 valence electrons. The summed E-state index contributed by atoms with van der Waals surface area (Å²) in [6.07, 6.45) is 0. The van der Waals surface area contributed by atoms with Crippen molar-refractivity contribution in [3.8, 4) is 67.5 Å². The average molecular weight is 859 g/mol. The summed E-state index contributed by atoms with van der Waals surface area (Å²) in [6, 6.07) is 62.5. The first-order valence-electron chi connectivity index (χ1n) is 18.9. The van der Waals surface area contributed by atoms with Crippen LogP contribution in [0.5, 0.6) is 0 Å². The first-order valence-corrected chi connectivity index (χ1v) is 21.9. The van der Waals surface area contributed by atoms with Gasteiger partial charge in [0, 0.05) is 21.9 Å². The van der Waals surface area contributed by atoms with Gasteiger partial charge in [0.2, 0.25) is 0 Å². The molecule has 1 aliphatic heterocycles. The molecule has 8 aromatic carbocycles. The van der Waals surface area contributed by atoms with E-state index < -0.39 is 0 Å². The molecule has 11 aromatic rings. The zero-order chi connectivity index (χ0) is 37.5. The smallest absolute Gasteiger partial charge is 0.208 e. The number of aromatic nitrogens is 3. The Morgan fingerprint density at radius 3 is 1.68 bits per heavy atom. The maximum absolute atomic E-state index is 6.94. The molecule has 4 heterocycles. The van der Waals surface area contributed by atoms with Crippen molar-refractivity contribution >= 4 is 53.4 Å². The predicted molar refractivity (Wildman–Crippen MR) is 230 cm³/mol. The molecule has 0 atom stereocenters. The van der Waals surface area contributed by atoms with Crippen molar-refractivity contribution in [3.63, 3.8) is 0 Å². The molecule has 0 unspecified atom stereocenters. The van der Waals surface area contributed by atoms with Gasteiger partial charge in [0.25, 0.3) is 0 Å². The molecule has 0 radical (unpaired) electrons. The summed E-state index contributed by atoms with van der Waals surface area (Å²) in [5.41, 5.74) is 11.8. The van der Waals surface area contributed by atoms with Crippen LogP contribution in [0.15, 0.2) is 180 Å². The molecule has 0 saturated carbocycles. The van der Waals surface area contributed by atoms with Crippen LogP contribution in [0.1, 0.15) is 0 Å². The van der Waals surface area contributed by atoms with Crippen molar-refractivity contribution in [3.05, 3.63) is 183 Å². The van der Waals surface area contributed by atoms with Crippen molar-refractivity contribution in [1.82, 2.24) is 15.0 Å². The second-order valence-electron chi connectivity index (χ2n) is 14.3. The van der Waals surface area contributed by atoms with E-state index in [1.54, 1.807) is 0 Å². The van der Waals surface area contributed by atoms with Crippen molar-refractivity contribution in [1.29, 1.82) is 0 Å². The summed E-state index contributed by atoms with van der Waals surface area (Å²) in [5.74, 6) is 1.82. The van der Waals surface area contributed by atoms with Crippen molar-refractivity contribution in [2.24, 2.45) is 0 Å². The van der Waals surface area contributed by atoms with Crippen molar-refractivity contribution < 1.29 is 25.6 Å². The van der Waals surface area contributed by atoms with Crippen LogP contribution < -0.4 is 21.2 Å². The van der Waals surface area contributed by atoms with Crippen LogP contribution in [-0.4, -0.2) is 15.0 Å². The molecule has 12 rings (SSSR count). The Labute approximate surface area is 342 Å². The third-order valence-electron chi connectivity index (χ3n) is 10.9. The number of nitrogens with zero attached hydrogens (tertiary/aromatic N) is 3. The van der Waals surface area contributed by atoms with Crippen LogP contribution in [0.2, 0.25) is 0 Å².